The monoisotopic (exact) mass is 392 g/mol. The molecule has 1 aliphatic heterocycles. The lowest BCUT2D eigenvalue weighted by Crippen LogP contribution is -2.35. The first-order chi connectivity index (χ1) is 11.1. The van der Waals surface area contributed by atoms with Gasteiger partial charge in [-0.1, -0.05) is 13.8 Å². The molecule has 124 valence electrons. The lowest BCUT2D eigenvalue weighted by atomic mass is 10.1. The van der Waals surface area contributed by atoms with Crippen LogP contribution in [-0.2, 0) is 0 Å². The molecule has 0 aliphatic carbocycles. The van der Waals surface area contributed by atoms with Crippen molar-refractivity contribution in [3.05, 3.63) is 35.1 Å². The molecule has 0 radical (unpaired) electrons. The lowest BCUT2D eigenvalue weighted by molar-refractivity contribution is 0.221. The first-order valence-electron chi connectivity index (χ1n) is 8.54. The highest BCUT2D eigenvalue weighted by atomic mass is 79.9. The molecule has 4 heteroatoms. The zero-order chi connectivity index (χ0) is 16.2. The summed E-state index contributed by atoms with van der Waals surface area (Å²) in [6, 6.07) is 6.60. The minimum absolute atomic E-state index is 0.737. The summed E-state index contributed by atoms with van der Waals surface area (Å²) in [6.07, 6.45) is 7.72. The van der Waals surface area contributed by atoms with Crippen LogP contribution in [0.25, 0.3) is 10.8 Å². The second-order valence-electron chi connectivity index (χ2n) is 6.85. The summed E-state index contributed by atoms with van der Waals surface area (Å²) < 4.78 is 1.20. The molecule has 0 atom stereocenters. The van der Waals surface area contributed by atoms with Crippen LogP contribution < -0.4 is 0 Å². The average Bonchev–Trinajstić information content (AvgIpc) is 2.55. The van der Waals surface area contributed by atoms with E-state index in [4.69, 9.17) is 0 Å². The SMILES string of the molecule is CC(C)CCN1CCC(Sc2cc3ccncc3cc2Br)CC1. The minimum Gasteiger partial charge on any atom is -0.303 e. The number of rotatable bonds is 5. The standard InChI is InChI=1S/C19H25BrN2S/c1-14(2)4-8-22-9-5-17(6-10-22)23-19-12-15-3-7-21-13-16(15)11-18(19)20/h3,7,11-14,17H,4-6,8-10H2,1-2H3. The van der Waals surface area contributed by atoms with Crippen LogP contribution in [0, 0.1) is 5.92 Å². The van der Waals surface area contributed by atoms with Crippen molar-refractivity contribution in [1.29, 1.82) is 0 Å². The number of nitrogens with zero attached hydrogens (tertiary/aromatic N) is 2. The molecule has 0 bridgehead atoms. The van der Waals surface area contributed by atoms with Gasteiger partial charge in [0, 0.05) is 32.4 Å². The second-order valence-corrected chi connectivity index (χ2v) is 9.04. The number of piperidine rings is 1. The Bertz CT molecular complexity index is 651. The first-order valence-corrected chi connectivity index (χ1v) is 10.2. The topological polar surface area (TPSA) is 16.1 Å². The zero-order valence-corrected chi connectivity index (χ0v) is 16.4. The van der Waals surface area contributed by atoms with E-state index in [2.05, 4.69) is 57.9 Å². The van der Waals surface area contributed by atoms with E-state index in [-0.39, 0.29) is 0 Å². The van der Waals surface area contributed by atoms with Crippen molar-refractivity contribution >= 4 is 38.5 Å². The molecule has 2 nitrogen and oxygen atoms in total. The highest BCUT2D eigenvalue weighted by molar-refractivity contribution is 9.10. The Morgan fingerprint density at radius 2 is 2.04 bits per heavy atom. The molecule has 3 rings (SSSR count). The number of pyridine rings is 1. The van der Waals surface area contributed by atoms with E-state index in [1.165, 1.54) is 59.0 Å². The number of likely N-dealkylation sites (tertiary alicyclic amines) is 1. The molecule has 0 N–H and O–H groups in total. The van der Waals surface area contributed by atoms with Gasteiger partial charge in [-0.15, -0.1) is 11.8 Å². The molecule has 0 saturated carbocycles. The molecule has 1 fully saturated rings. The fourth-order valence-corrected chi connectivity index (χ4v) is 4.86. The van der Waals surface area contributed by atoms with E-state index >= 15 is 0 Å². The molecule has 0 unspecified atom stereocenters. The van der Waals surface area contributed by atoms with Gasteiger partial charge in [0.15, 0.2) is 0 Å². The number of hydrogen-bond donors (Lipinski definition) is 0. The first kappa shape index (κ1) is 17.2. The number of halogens is 1. The zero-order valence-electron chi connectivity index (χ0n) is 14.0. The Kier molecular flexibility index (Phi) is 6.00. The maximum absolute atomic E-state index is 4.20. The largest absolute Gasteiger partial charge is 0.303 e. The normalized spacial score (nSPS) is 17.2. The molecular formula is C19H25BrN2S. The number of fused-ring (bicyclic) bond motifs is 1. The Labute approximate surface area is 152 Å². The quantitative estimate of drug-likeness (QED) is 0.658. The van der Waals surface area contributed by atoms with Gasteiger partial charge in [0.1, 0.15) is 0 Å². The molecule has 0 amide bonds. The summed E-state index contributed by atoms with van der Waals surface area (Å²) in [5.74, 6) is 0.810. The Hall–Kier alpha value is -0.580. The van der Waals surface area contributed by atoms with Gasteiger partial charge in [-0.3, -0.25) is 4.98 Å². The predicted molar refractivity (Wildman–Crippen MR) is 104 cm³/mol. The van der Waals surface area contributed by atoms with Crippen LogP contribution in [0.5, 0.6) is 0 Å². The summed E-state index contributed by atoms with van der Waals surface area (Å²) in [4.78, 5) is 8.21. The highest BCUT2D eigenvalue weighted by Crippen LogP contribution is 2.37. The summed E-state index contributed by atoms with van der Waals surface area (Å²) in [5.41, 5.74) is 0. The van der Waals surface area contributed by atoms with Gasteiger partial charge in [-0.2, -0.15) is 0 Å². The van der Waals surface area contributed by atoms with E-state index in [0.29, 0.717) is 0 Å². The van der Waals surface area contributed by atoms with Crippen LogP contribution in [0.3, 0.4) is 0 Å². The van der Waals surface area contributed by atoms with Crippen molar-refractivity contribution in [2.75, 3.05) is 19.6 Å². The highest BCUT2D eigenvalue weighted by Gasteiger charge is 2.21. The van der Waals surface area contributed by atoms with E-state index in [1.807, 2.05) is 24.2 Å². The maximum atomic E-state index is 4.20. The van der Waals surface area contributed by atoms with Gasteiger partial charge in [-0.25, -0.2) is 0 Å². The molecule has 0 spiro atoms. The fourth-order valence-electron chi connectivity index (χ4n) is 3.05. The molecule has 1 saturated heterocycles. The molecule has 1 aliphatic rings. The van der Waals surface area contributed by atoms with Crippen molar-refractivity contribution in [2.45, 2.75) is 43.3 Å². The minimum atomic E-state index is 0.737. The van der Waals surface area contributed by atoms with Crippen molar-refractivity contribution in [3.8, 4) is 0 Å². The van der Waals surface area contributed by atoms with Gasteiger partial charge in [-0.05, 0) is 84.3 Å². The van der Waals surface area contributed by atoms with Crippen LogP contribution in [0.1, 0.15) is 33.1 Å². The predicted octanol–water partition coefficient (Wildman–Crippen LogP) is 5.60. The van der Waals surface area contributed by atoms with Gasteiger partial charge < -0.3 is 4.90 Å². The number of hydrogen-bond acceptors (Lipinski definition) is 3. The van der Waals surface area contributed by atoms with E-state index < -0.39 is 0 Å². The third kappa shape index (κ3) is 4.71. The molecule has 23 heavy (non-hydrogen) atoms. The lowest BCUT2D eigenvalue weighted by Gasteiger charge is -2.32. The third-order valence-corrected chi connectivity index (χ3v) is 6.86. The van der Waals surface area contributed by atoms with Gasteiger partial charge in [0.25, 0.3) is 0 Å². The number of thioether (sulfide) groups is 1. The van der Waals surface area contributed by atoms with Crippen LogP contribution in [0.15, 0.2) is 40.0 Å². The average molecular weight is 393 g/mol. The molecular weight excluding hydrogens is 368 g/mol. The maximum Gasteiger partial charge on any atom is 0.0346 e. The summed E-state index contributed by atoms with van der Waals surface area (Å²) >= 11 is 5.78. The van der Waals surface area contributed by atoms with Gasteiger partial charge in [0.2, 0.25) is 0 Å². The summed E-state index contributed by atoms with van der Waals surface area (Å²) in [7, 11) is 0. The van der Waals surface area contributed by atoms with Crippen molar-refractivity contribution in [1.82, 2.24) is 9.88 Å². The molecule has 1 aromatic heterocycles. The van der Waals surface area contributed by atoms with E-state index in [1.54, 1.807) is 0 Å². The van der Waals surface area contributed by atoms with Crippen molar-refractivity contribution in [2.24, 2.45) is 5.92 Å². The summed E-state index contributed by atoms with van der Waals surface area (Å²) in [5, 5.41) is 3.22. The smallest absolute Gasteiger partial charge is 0.0346 e. The van der Waals surface area contributed by atoms with Crippen LogP contribution in [-0.4, -0.2) is 34.8 Å². The van der Waals surface area contributed by atoms with Crippen molar-refractivity contribution < 1.29 is 0 Å². The van der Waals surface area contributed by atoms with Crippen LogP contribution in [0.2, 0.25) is 0 Å². The fraction of sp³-hybridized carbons (Fsp3) is 0.526. The Balaban J connectivity index is 1.59. The van der Waals surface area contributed by atoms with E-state index in [9.17, 15) is 0 Å². The van der Waals surface area contributed by atoms with Gasteiger partial charge in [0.05, 0.1) is 0 Å². The Morgan fingerprint density at radius 3 is 2.78 bits per heavy atom. The van der Waals surface area contributed by atoms with Crippen molar-refractivity contribution in [3.63, 3.8) is 0 Å². The summed E-state index contributed by atoms with van der Waals surface area (Å²) in [6.45, 7) is 8.39. The molecule has 2 heterocycles. The second kappa shape index (κ2) is 8.00. The van der Waals surface area contributed by atoms with Crippen LogP contribution in [0.4, 0.5) is 0 Å². The molecule has 2 aromatic rings. The van der Waals surface area contributed by atoms with Gasteiger partial charge >= 0.3 is 0 Å². The van der Waals surface area contributed by atoms with E-state index in [0.717, 1.165) is 11.2 Å². The Morgan fingerprint density at radius 1 is 1.26 bits per heavy atom. The van der Waals surface area contributed by atoms with Crippen LogP contribution >= 0.6 is 27.7 Å². The third-order valence-electron chi connectivity index (χ3n) is 4.54. The number of aromatic nitrogens is 1. The number of benzene rings is 1. The molecule has 1 aromatic carbocycles.